The highest BCUT2D eigenvalue weighted by Crippen LogP contribution is 2.11. The molecule has 0 N–H and O–H groups in total. The highest BCUT2D eigenvalue weighted by atomic mass is 32.2. The van der Waals surface area contributed by atoms with Gasteiger partial charge in [-0.25, -0.2) is 0 Å². The number of thioether (sulfide) groups is 1. The molecule has 0 rings (SSSR count). The zero-order valence-corrected chi connectivity index (χ0v) is 8.31. The Labute approximate surface area is 73.0 Å². The molecular formula is C6H14S3. The van der Waals surface area contributed by atoms with E-state index in [4.69, 9.17) is 0 Å². The first-order valence-corrected chi connectivity index (χ1v) is 5.48. The van der Waals surface area contributed by atoms with Gasteiger partial charge >= 0.3 is 0 Å². The van der Waals surface area contributed by atoms with Crippen LogP contribution in [0.1, 0.15) is 19.8 Å². The fraction of sp³-hybridized carbons (Fsp3) is 1.00. The second-order valence-electron chi connectivity index (χ2n) is 1.89. The SMILES string of the molecule is CCC(S)CCSCS. The summed E-state index contributed by atoms with van der Waals surface area (Å²) in [4.78, 5) is 0. The summed E-state index contributed by atoms with van der Waals surface area (Å²) in [6, 6.07) is 0. The number of thiol groups is 2. The van der Waals surface area contributed by atoms with Gasteiger partial charge in [0.25, 0.3) is 0 Å². The average molecular weight is 182 g/mol. The van der Waals surface area contributed by atoms with E-state index in [0.29, 0.717) is 5.25 Å². The van der Waals surface area contributed by atoms with E-state index in [2.05, 4.69) is 32.2 Å². The molecule has 56 valence electrons. The molecule has 0 aromatic heterocycles. The third-order valence-corrected chi connectivity index (χ3v) is 3.04. The first-order chi connectivity index (χ1) is 4.31. The Morgan fingerprint density at radius 2 is 2.22 bits per heavy atom. The van der Waals surface area contributed by atoms with Crippen LogP contribution in [-0.4, -0.2) is 16.1 Å². The van der Waals surface area contributed by atoms with Crippen molar-refractivity contribution in [3.05, 3.63) is 0 Å². The van der Waals surface area contributed by atoms with Gasteiger partial charge in [0, 0.05) is 10.3 Å². The Bertz CT molecular complexity index is 56.3. The van der Waals surface area contributed by atoms with Crippen molar-refractivity contribution in [1.82, 2.24) is 0 Å². The lowest BCUT2D eigenvalue weighted by Crippen LogP contribution is -1.97. The molecule has 0 aromatic rings. The molecule has 1 unspecified atom stereocenters. The Hall–Kier alpha value is 1.05. The fourth-order valence-corrected chi connectivity index (χ4v) is 1.76. The molecule has 0 aromatic carbocycles. The molecule has 0 spiro atoms. The van der Waals surface area contributed by atoms with E-state index in [1.807, 2.05) is 11.8 Å². The molecule has 0 aliphatic carbocycles. The van der Waals surface area contributed by atoms with Gasteiger partial charge in [0.2, 0.25) is 0 Å². The molecule has 0 nitrogen and oxygen atoms in total. The predicted octanol–water partition coefficient (Wildman–Crippen LogP) is 2.71. The summed E-state index contributed by atoms with van der Waals surface area (Å²) in [7, 11) is 0. The minimum Gasteiger partial charge on any atom is -0.176 e. The molecule has 0 heterocycles. The van der Waals surface area contributed by atoms with Gasteiger partial charge in [-0.05, 0) is 18.6 Å². The van der Waals surface area contributed by atoms with Crippen LogP contribution in [0.15, 0.2) is 0 Å². The van der Waals surface area contributed by atoms with E-state index >= 15 is 0 Å². The smallest absolute Gasteiger partial charge is 0.0361 e. The molecule has 3 heteroatoms. The van der Waals surface area contributed by atoms with Crippen molar-refractivity contribution in [2.75, 3.05) is 10.8 Å². The maximum absolute atomic E-state index is 4.36. The van der Waals surface area contributed by atoms with Crippen LogP contribution in [0.4, 0.5) is 0 Å². The summed E-state index contributed by atoms with van der Waals surface area (Å²) in [5.41, 5.74) is 0. The third kappa shape index (κ3) is 6.94. The molecular weight excluding hydrogens is 168 g/mol. The van der Waals surface area contributed by atoms with E-state index in [1.165, 1.54) is 18.6 Å². The van der Waals surface area contributed by atoms with Crippen molar-refractivity contribution >= 4 is 37.0 Å². The normalized spacial score (nSPS) is 13.7. The second-order valence-corrected chi connectivity index (χ2v) is 4.47. The Morgan fingerprint density at radius 1 is 1.56 bits per heavy atom. The molecule has 0 amide bonds. The maximum Gasteiger partial charge on any atom is 0.0361 e. The average Bonchev–Trinajstić information content (AvgIpc) is 1.89. The molecule has 0 fully saturated rings. The van der Waals surface area contributed by atoms with Crippen LogP contribution in [0, 0.1) is 0 Å². The quantitative estimate of drug-likeness (QED) is 0.374. The van der Waals surface area contributed by atoms with Crippen molar-refractivity contribution in [2.24, 2.45) is 0 Å². The number of rotatable bonds is 5. The van der Waals surface area contributed by atoms with Crippen LogP contribution >= 0.6 is 37.0 Å². The predicted molar refractivity (Wildman–Crippen MR) is 54.0 cm³/mol. The molecule has 9 heavy (non-hydrogen) atoms. The standard InChI is InChI=1S/C6H14S3/c1-2-6(8)3-4-9-5-7/h6-8H,2-5H2,1H3. The highest BCUT2D eigenvalue weighted by Gasteiger charge is 1.97. The van der Waals surface area contributed by atoms with Gasteiger partial charge < -0.3 is 0 Å². The Morgan fingerprint density at radius 3 is 2.67 bits per heavy atom. The lowest BCUT2D eigenvalue weighted by molar-refractivity contribution is 0.805. The number of hydrogen-bond acceptors (Lipinski definition) is 3. The van der Waals surface area contributed by atoms with Crippen molar-refractivity contribution in [1.29, 1.82) is 0 Å². The maximum atomic E-state index is 4.36. The van der Waals surface area contributed by atoms with E-state index in [-0.39, 0.29) is 0 Å². The molecule has 0 bridgehead atoms. The Balaban J connectivity index is 2.88. The molecule has 0 aliphatic heterocycles. The molecule has 0 saturated carbocycles. The molecule has 0 aliphatic rings. The summed E-state index contributed by atoms with van der Waals surface area (Å²) in [6.45, 7) is 2.17. The lowest BCUT2D eigenvalue weighted by Gasteiger charge is -2.04. The van der Waals surface area contributed by atoms with Crippen molar-refractivity contribution in [3.8, 4) is 0 Å². The summed E-state index contributed by atoms with van der Waals surface area (Å²) in [5, 5.41) is 1.53. The molecule has 1 atom stereocenters. The van der Waals surface area contributed by atoms with Gasteiger partial charge in [0.1, 0.15) is 0 Å². The first kappa shape index (κ1) is 10.0. The second kappa shape index (κ2) is 7.16. The van der Waals surface area contributed by atoms with Crippen LogP contribution in [0.3, 0.4) is 0 Å². The number of hydrogen-bond donors (Lipinski definition) is 2. The summed E-state index contributed by atoms with van der Waals surface area (Å²) in [5.74, 6) is 1.20. The topological polar surface area (TPSA) is 0 Å². The molecule has 0 saturated heterocycles. The van der Waals surface area contributed by atoms with Gasteiger partial charge in [-0.15, -0.1) is 0 Å². The minimum atomic E-state index is 0.595. The van der Waals surface area contributed by atoms with Crippen molar-refractivity contribution in [2.45, 2.75) is 25.0 Å². The minimum absolute atomic E-state index is 0.595. The van der Waals surface area contributed by atoms with Gasteiger partial charge in [-0.3, -0.25) is 0 Å². The van der Waals surface area contributed by atoms with E-state index < -0.39 is 0 Å². The van der Waals surface area contributed by atoms with Crippen LogP contribution in [0.25, 0.3) is 0 Å². The molecule has 0 radical (unpaired) electrons. The highest BCUT2D eigenvalue weighted by molar-refractivity contribution is 8.09. The lowest BCUT2D eigenvalue weighted by atomic mass is 10.3. The van der Waals surface area contributed by atoms with Gasteiger partial charge in [0.15, 0.2) is 0 Å². The zero-order chi connectivity index (χ0) is 7.11. The van der Waals surface area contributed by atoms with Gasteiger partial charge in [0.05, 0.1) is 0 Å². The van der Waals surface area contributed by atoms with Crippen LogP contribution in [-0.2, 0) is 0 Å². The van der Waals surface area contributed by atoms with E-state index in [1.54, 1.807) is 0 Å². The summed E-state index contributed by atoms with van der Waals surface area (Å²) < 4.78 is 0. The van der Waals surface area contributed by atoms with Crippen LogP contribution in [0.5, 0.6) is 0 Å². The summed E-state index contributed by atoms with van der Waals surface area (Å²) >= 11 is 10.3. The van der Waals surface area contributed by atoms with Crippen molar-refractivity contribution in [3.63, 3.8) is 0 Å². The van der Waals surface area contributed by atoms with E-state index in [0.717, 1.165) is 5.08 Å². The van der Waals surface area contributed by atoms with Crippen LogP contribution in [0.2, 0.25) is 0 Å². The van der Waals surface area contributed by atoms with Gasteiger partial charge in [-0.1, -0.05) is 6.92 Å². The van der Waals surface area contributed by atoms with Crippen molar-refractivity contribution < 1.29 is 0 Å². The largest absolute Gasteiger partial charge is 0.176 e. The third-order valence-electron chi connectivity index (χ3n) is 1.16. The first-order valence-electron chi connectivity index (χ1n) is 3.18. The van der Waals surface area contributed by atoms with Gasteiger partial charge in [-0.2, -0.15) is 37.0 Å². The summed E-state index contributed by atoms with van der Waals surface area (Å²) in [6.07, 6.45) is 2.39. The monoisotopic (exact) mass is 182 g/mol. The zero-order valence-electron chi connectivity index (χ0n) is 5.71. The fourth-order valence-electron chi connectivity index (χ4n) is 0.488. The Kier molecular flexibility index (Phi) is 8.00. The van der Waals surface area contributed by atoms with Crippen LogP contribution < -0.4 is 0 Å². The van der Waals surface area contributed by atoms with E-state index in [9.17, 15) is 0 Å².